The number of benzene rings is 2. The second-order valence-corrected chi connectivity index (χ2v) is 11.1. The summed E-state index contributed by atoms with van der Waals surface area (Å²) in [5.74, 6) is -0.374. The van der Waals surface area contributed by atoms with Crippen LogP contribution in [0.2, 0.25) is 0 Å². The van der Waals surface area contributed by atoms with E-state index < -0.39 is 29.7 Å². The van der Waals surface area contributed by atoms with Gasteiger partial charge >= 0.3 is 6.09 Å². The van der Waals surface area contributed by atoms with Gasteiger partial charge in [0.05, 0.1) is 7.11 Å². The summed E-state index contributed by atoms with van der Waals surface area (Å²) in [6.45, 7) is 9.11. The van der Waals surface area contributed by atoms with E-state index in [-0.39, 0.29) is 23.6 Å². The average molecular weight is 540 g/mol. The van der Waals surface area contributed by atoms with Crippen molar-refractivity contribution >= 4 is 23.6 Å². The van der Waals surface area contributed by atoms with Crippen molar-refractivity contribution in [2.45, 2.75) is 84.0 Å². The number of carbonyl (C=O) groups excluding carboxylic acids is 3. The normalized spacial score (nSPS) is 15.7. The van der Waals surface area contributed by atoms with Crippen LogP contribution in [-0.4, -0.2) is 52.7 Å². The minimum Gasteiger partial charge on any atom is -0.508 e. The van der Waals surface area contributed by atoms with Crippen molar-refractivity contribution < 1.29 is 29.0 Å². The fourth-order valence-corrected chi connectivity index (χ4v) is 4.48. The fourth-order valence-electron chi connectivity index (χ4n) is 4.48. The van der Waals surface area contributed by atoms with Gasteiger partial charge in [-0.05, 0) is 87.9 Å². The highest BCUT2D eigenvalue weighted by Crippen LogP contribution is 2.36. The molecule has 1 aliphatic rings. The van der Waals surface area contributed by atoms with Gasteiger partial charge in [0.1, 0.15) is 29.2 Å². The first-order valence-corrected chi connectivity index (χ1v) is 13.5. The van der Waals surface area contributed by atoms with E-state index in [0.29, 0.717) is 23.4 Å². The number of hydrogen-bond donors (Lipinski definition) is 3. The summed E-state index contributed by atoms with van der Waals surface area (Å²) < 4.78 is 10.7. The minimum absolute atomic E-state index is 0.0129. The second kappa shape index (κ2) is 12.9. The van der Waals surface area contributed by atoms with Crippen LogP contribution >= 0.6 is 0 Å². The molecule has 0 heterocycles. The van der Waals surface area contributed by atoms with E-state index >= 15 is 0 Å². The van der Waals surface area contributed by atoms with Gasteiger partial charge in [0.2, 0.25) is 5.91 Å². The molecule has 1 fully saturated rings. The summed E-state index contributed by atoms with van der Waals surface area (Å²) in [4.78, 5) is 42.6. The lowest BCUT2D eigenvalue weighted by atomic mass is 9.86. The lowest BCUT2D eigenvalue weighted by molar-refractivity contribution is -0.147. The Hall–Kier alpha value is -3.75. The number of nitrogens with zero attached hydrogens (tertiary/aromatic N) is 1. The third-order valence-corrected chi connectivity index (χ3v) is 6.94. The van der Waals surface area contributed by atoms with Crippen LogP contribution in [0, 0.1) is 5.92 Å². The van der Waals surface area contributed by atoms with Gasteiger partial charge in [0.15, 0.2) is 0 Å². The average Bonchev–Trinajstić information content (AvgIpc) is 2.84. The van der Waals surface area contributed by atoms with Gasteiger partial charge in [-0.15, -0.1) is 0 Å². The first-order valence-electron chi connectivity index (χ1n) is 13.5. The molecule has 0 radical (unpaired) electrons. The molecule has 1 saturated carbocycles. The number of amides is 3. The highest BCUT2D eigenvalue weighted by atomic mass is 16.6. The molecule has 3 amide bonds. The Bertz CT molecular complexity index is 1140. The number of methoxy groups -OCH3 is 1. The third-order valence-electron chi connectivity index (χ3n) is 6.94. The number of aromatic hydroxyl groups is 1. The molecule has 0 spiro atoms. The number of ether oxygens (including phenoxy) is 2. The lowest BCUT2D eigenvalue weighted by Crippen LogP contribution is -2.58. The molecule has 2 aromatic carbocycles. The Kier molecular flexibility index (Phi) is 9.83. The molecule has 0 saturated heterocycles. The third kappa shape index (κ3) is 7.88. The van der Waals surface area contributed by atoms with E-state index in [1.54, 1.807) is 69.2 Å². The standard InChI is InChI=1S/C30H41N3O6/c1-7-19(2)25(32-29(37)39-30(3,4)5)28(36)33(22-11-9-12-22)26(20-10-8-13-23(34)18-20)27(35)31-21-14-16-24(38-6)17-15-21/h8,10,13-19,22,25-26,34H,7,9,11-12H2,1-6H3,(H,31,35)(H,32,37). The van der Waals surface area contributed by atoms with Crippen LogP contribution in [0.1, 0.15) is 71.9 Å². The monoisotopic (exact) mass is 539 g/mol. The van der Waals surface area contributed by atoms with Gasteiger partial charge in [-0.1, -0.05) is 32.4 Å². The number of anilines is 1. The Morgan fingerprint density at radius 2 is 1.77 bits per heavy atom. The smallest absolute Gasteiger partial charge is 0.408 e. The number of alkyl carbamates (subject to hydrolysis) is 1. The molecule has 3 atom stereocenters. The molecule has 212 valence electrons. The molecule has 39 heavy (non-hydrogen) atoms. The zero-order chi connectivity index (χ0) is 28.7. The summed E-state index contributed by atoms with van der Waals surface area (Å²) >= 11 is 0. The number of carbonyl (C=O) groups is 3. The molecule has 9 nitrogen and oxygen atoms in total. The molecule has 3 unspecified atom stereocenters. The summed E-state index contributed by atoms with van der Waals surface area (Å²) in [6.07, 6.45) is 2.33. The predicted molar refractivity (Wildman–Crippen MR) is 150 cm³/mol. The molecular formula is C30H41N3O6. The molecule has 0 bridgehead atoms. The molecule has 0 aromatic heterocycles. The van der Waals surface area contributed by atoms with Crippen molar-refractivity contribution in [3.8, 4) is 11.5 Å². The molecule has 3 rings (SSSR count). The summed E-state index contributed by atoms with van der Waals surface area (Å²) in [5.41, 5.74) is 0.280. The van der Waals surface area contributed by atoms with Crippen LogP contribution in [0.4, 0.5) is 10.5 Å². The van der Waals surface area contributed by atoms with E-state index in [2.05, 4.69) is 10.6 Å². The van der Waals surface area contributed by atoms with E-state index in [9.17, 15) is 19.5 Å². The van der Waals surface area contributed by atoms with Crippen molar-refractivity contribution in [3.63, 3.8) is 0 Å². The maximum atomic E-state index is 14.3. The minimum atomic E-state index is -1.04. The summed E-state index contributed by atoms with van der Waals surface area (Å²) in [5, 5.41) is 16.0. The second-order valence-electron chi connectivity index (χ2n) is 11.1. The van der Waals surface area contributed by atoms with Gasteiger partial charge in [-0.25, -0.2) is 4.79 Å². The first kappa shape index (κ1) is 29.8. The zero-order valence-corrected chi connectivity index (χ0v) is 23.7. The summed E-state index contributed by atoms with van der Waals surface area (Å²) in [7, 11) is 1.56. The Morgan fingerprint density at radius 1 is 1.10 bits per heavy atom. The maximum absolute atomic E-state index is 14.3. The first-order chi connectivity index (χ1) is 18.4. The molecule has 0 aliphatic heterocycles. The fraction of sp³-hybridized carbons (Fsp3) is 0.500. The van der Waals surface area contributed by atoms with Crippen molar-refractivity contribution in [1.29, 1.82) is 0 Å². The Labute approximate surface area is 230 Å². The number of nitrogens with one attached hydrogen (secondary N) is 2. The van der Waals surface area contributed by atoms with Gasteiger partial charge in [-0.3, -0.25) is 9.59 Å². The van der Waals surface area contributed by atoms with E-state index in [1.165, 1.54) is 12.1 Å². The van der Waals surface area contributed by atoms with Crippen molar-refractivity contribution in [1.82, 2.24) is 10.2 Å². The van der Waals surface area contributed by atoms with Crippen LogP contribution in [0.3, 0.4) is 0 Å². The van der Waals surface area contributed by atoms with E-state index in [1.807, 2.05) is 13.8 Å². The Balaban J connectivity index is 2.02. The number of rotatable bonds is 10. The van der Waals surface area contributed by atoms with Crippen LogP contribution in [0.25, 0.3) is 0 Å². The van der Waals surface area contributed by atoms with Crippen molar-refractivity contribution in [2.24, 2.45) is 5.92 Å². The number of phenolic OH excluding ortho intramolecular Hbond substituents is 1. The predicted octanol–water partition coefficient (Wildman–Crippen LogP) is 5.40. The van der Waals surface area contributed by atoms with Crippen molar-refractivity contribution in [2.75, 3.05) is 12.4 Å². The van der Waals surface area contributed by atoms with Crippen LogP contribution in [0.15, 0.2) is 48.5 Å². The van der Waals surface area contributed by atoms with Crippen LogP contribution < -0.4 is 15.4 Å². The molecular weight excluding hydrogens is 498 g/mol. The zero-order valence-electron chi connectivity index (χ0n) is 23.7. The summed E-state index contributed by atoms with van der Waals surface area (Å²) in [6, 6.07) is 11.1. The molecule has 3 N–H and O–H groups in total. The highest BCUT2D eigenvalue weighted by molar-refractivity contribution is 5.99. The van der Waals surface area contributed by atoms with Gasteiger partial charge in [0.25, 0.3) is 5.91 Å². The number of phenols is 1. The van der Waals surface area contributed by atoms with Gasteiger partial charge in [-0.2, -0.15) is 0 Å². The van der Waals surface area contributed by atoms with Crippen LogP contribution in [-0.2, 0) is 14.3 Å². The highest BCUT2D eigenvalue weighted by Gasteiger charge is 2.43. The van der Waals surface area contributed by atoms with Crippen molar-refractivity contribution in [3.05, 3.63) is 54.1 Å². The van der Waals surface area contributed by atoms with E-state index in [0.717, 1.165) is 19.3 Å². The molecule has 9 heteroatoms. The molecule has 1 aliphatic carbocycles. The molecule has 2 aromatic rings. The maximum Gasteiger partial charge on any atom is 0.408 e. The Morgan fingerprint density at radius 3 is 2.28 bits per heavy atom. The van der Waals surface area contributed by atoms with E-state index in [4.69, 9.17) is 9.47 Å². The SMILES string of the molecule is CCC(C)C(NC(=O)OC(C)(C)C)C(=O)N(C1CCC1)C(C(=O)Nc1ccc(OC)cc1)c1cccc(O)c1. The number of hydrogen-bond acceptors (Lipinski definition) is 6. The quantitative estimate of drug-likeness (QED) is 0.372. The van der Waals surface area contributed by atoms with Gasteiger partial charge < -0.3 is 30.1 Å². The largest absolute Gasteiger partial charge is 0.508 e. The van der Waals surface area contributed by atoms with Crippen LogP contribution in [0.5, 0.6) is 11.5 Å². The van der Waals surface area contributed by atoms with Gasteiger partial charge in [0, 0.05) is 11.7 Å². The lowest BCUT2D eigenvalue weighted by Gasteiger charge is -2.44. The topological polar surface area (TPSA) is 117 Å².